The molecule has 0 atom stereocenters. The molecular formula is C8H6ClF2NO3. The number of hydrogen-bond donors (Lipinski definition) is 1. The fraction of sp³-hybridized carbons (Fsp3) is 0.250. The highest BCUT2D eigenvalue weighted by molar-refractivity contribution is 6.32. The molecule has 15 heavy (non-hydrogen) atoms. The largest absolute Gasteiger partial charge is 0.504 e. The molecule has 0 radical (unpaired) electrons. The van der Waals surface area contributed by atoms with Crippen LogP contribution in [0.4, 0.5) is 8.78 Å². The minimum absolute atomic E-state index is 0.374. The van der Waals surface area contributed by atoms with Crippen LogP contribution in [0.5, 0.6) is 5.75 Å². The number of methoxy groups -OCH3 is 1. The van der Waals surface area contributed by atoms with E-state index in [1.54, 1.807) is 0 Å². The molecule has 0 amide bonds. The number of aromatic nitrogens is 1. The summed E-state index contributed by atoms with van der Waals surface area (Å²) in [4.78, 5) is 14.2. The van der Waals surface area contributed by atoms with Crippen LogP contribution >= 0.6 is 11.6 Å². The van der Waals surface area contributed by atoms with E-state index in [0.29, 0.717) is 0 Å². The van der Waals surface area contributed by atoms with Crippen molar-refractivity contribution in [3.05, 3.63) is 22.5 Å². The Morgan fingerprint density at radius 2 is 2.27 bits per heavy atom. The van der Waals surface area contributed by atoms with Crippen molar-refractivity contribution in [2.24, 2.45) is 0 Å². The highest BCUT2D eigenvalue weighted by Gasteiger charge is 2.21. The van der Waals surface area contributed by atoms with Gasteiger partial charge in [-0.3, -0.25) is 0 Å². The van der Waals surface area contributed by atoms with E-state index >= 15 is 0 Å². The predicted octanol–water partition coefficient (Wildman–Crippen LogP) is 2.16. The number of esters is 1. The summed E-state index contributed by atoms with van der Waals surface area (Å²) in [5.74, 6) is -1.74. The topological polar surface area (TPSA) is 59.4 Å². The number of alkyl halides is 2. The summed E-state index contributed by atoms with van der Waals surface area (Å²) < 4.78 is 28.9. The minimum atomic E-state index is -3.02. The smallest absolute Gasteiger partial charge is 0.356 e. The Hall–Kier alpha value is -1.43. The third-order valence-corrected chi connectivity index (χ3v) is 1.86. The monoisotopic (exact) mass is 237 g/mol. The van der Waals surface area contributed by atoms with Gasteiger partial charge < -0.3 is 9.84 Å². The zero-order valence-electron chi connectivity index (χ0n) is 7.50. The van der Waals surface area contributed by atoms with E-state index in [4.69, 9.17) is 16.7 Å². The summed E-state index contributed by atoms with van der Waals surface area (Å²) in [6.07, 6.45) is -3.02. The predicted molar refractivity (Wildman–Crippen MR) is 47.2 cm³/mol. The number of halogens is 3. The van der Waals surface area contributed by atoms with Gasteiger partial charge in [-0.25, -0.2) is 18.6 Å². The van der Waals surface area contributed by atoms with Crippen molar-refractivity contribution in [2.75, 3.05) is 7.11 Å². The van der Waals surface area contributed by atoms with Crippen molar-refractivity contribution in [2.45, 2.75) is 6.43 Å². The highest BCUT2D eigenvalue weighted by atomic mass is 35.5. The second-order valence-electron chi connectivity index (χ2n) is 2.52. The van der Waals surface area contributed by atoms with Crippen molar-refractivity contribution in [1.82, 2.24) is 4.98 Å². The van der Waals surface area contributed by atoms with Crippen LogP contribution in [0.3, 0.4) is 0 Å². The van der Waals surface area contributed by atoms with Crippen LogP contribution in [0.25, 0.3) is 0 Å². The Balaban J connectivity index is 3.29. The number of carbonyl (C=O) groups excluding carboxylic acids is 1. The van der Waals surface area contributed by atoms with Gasteiger partial charge in [0.1, 0.15) is 0 Å². The lowest BCUT2D eigenvalue weighted by atomic mass is 10.2. The average molecular weight is 238 g/mol. The summed E-state index contributed by atoms with van der Waals surface area (Å²) in [6, 6.07) is 0.953. The van der Waals surface area contributed by atoms with Crippen molar-refractivity contribution >= 4 is 17.6 Å². The first kappa shape index (κ1) is 11.6. The lowest BCUT2D eigenvalue weighted by Gasteiger charge is -2.06. The normalized spacial score (nSPS) is 10.5. The molecule has 0 saturated heterocycles. The minimum Gasteiger partial charge on any atom is -0.504 e. The molecule has 1 rings (SSSR count). The molecule has 1 heterocycles. The number of aromatic hydroxyl groups is 1. The van der Waals surface area contributed by atoms with Gasteiger partial charge in [0.05, 0.1) is 12.1 Å². The quantitative estimate of drug-likeness (QED) is 0.801. The number of nitrogens with zero attached hydrogens (tertiary/aromatic N) is 1. The lowest BCUT2D eigenvalue weighted by molar-refractivity contribution is 0.0592. The molecule has 1 N–H and O–H groups in total. The molecule has 0 aromatic carbocycles. The molecule has 1 aromatic rings. The lowest BCUT2D eigenvalue weighted by Crippen LogP contribution is -2.06. The molecule has 0 aliphatic heterocycles. The number of carbonyl (C=O) groups is 1. The number of hydrogen-bond acceptors (Lipinski definition) is 4. The third-order valence-electron chi connectivity index (χ3n) is 1.57. The van der Waals surface area contributed by atoms with Crippen molar-refractivity contribution in [3.8, 4) is 5.75 Å². The summed E-state index contributed by atoms with van der Waals surface area (Å²) in [5.41, 5.74) is -1.32. The molecule has 0 spiro atoms. The zero-order valence-corrected chi connectivity index (χ0v) is 8.26. The molecule has 0 aliphatic carbocycles. The van der Waals surface area contributed by atoms with E-state index in [1.807, 2.05) is 0 Å². The third kappa shape index (κ3) is 2.33. The Kier molecular flexibility index (Phi) is 3.41. The molecule has 0 aliphatic rings. The molecule has 82 valence electrons. The van der Waals surface area contributed by atoms with Gasteiger partial charge in [-0.05, 0) is 6.07 Å². The van der Waals surface area contributed by atoms with E-state index in [-0.39, 0.29) is 10.7 Å². The number of pyridine rings is 1. The Bertz CT molecular complexity index is 398. The second kappa shape index (κ2) is 4.39. The highest BCUT2D eigenvalue weighted by Crippen LogP contribution is 2.33. The van der Waals surface area contributed by atoms with Crippen molar-refractivity contribution in [3.63, 3.8) is 0 Å². The van der Waals surface area contributed by atoms with Crippen LogP contribution in [0.1, 0.15) is 22.6 Å². The van der Waals surface area contributed by atoms with E-state index in [9.17, 15) is 13.6 Å². The van der Waals surface area contributed by atoms with Gasteiger partial charge in [0.25, 0.3) is 6.43 Å². The fourth-order valence-corrected chi connectivity index (χ4v) is 1.09. The molecule has 1 aromatic heterocycles. The van der Waals surface area contributed by atoms with E-state index in [1.165, 1.54) is 0 Å². The summed E-state index contributed by atoms with van der Waals surface area (Å²) in [6.45, 7) is 0. The first-order valence-electron chi connectivity index (χ1n) is 3.73. The summed E-state index contributed by atoms with van der Waals surface area (Å²) in [7, 11) is 1.08. The van der Waals surface area contributed by atoms with Crippen molar-refractivity contribution < 1.29 is 23.4 Å². The van der Waals surface area contributed by atoms with Gasteiger partial charge in [-0.1, -0.05) is 11.6 Å². The summed E-state index contributed by atoms with van der Waals surface area (Å²) >= 11 is 5.43. The zero-order chi connectivity index (χ0) is 11.6. The number of rotatable bonds is 2. The molecule has 0 fully saturated rings. The van der Waals surface area contributed by atoms with Crippen LogP contribution in [0.2, 0.25) is 5.02 Å². The molecule has 4 nitrogen and oxygen atoms in total. The molecular weight excluding hydrogens is 232 g/mol. The number of ether oxygens (including phenoxy) is 1. The first-order valence-corrected chi connectivity index (χ1v) is 4.11. The van der Waals surface area contributed by atoms with Crippen LogP contribution in [-0.4, -0.2) is 23.2 Å². The van der Waals surface area contributed by atoms with Gasteiger partial charge in [0, 0.05) is 0 Å². The van der Waals surface area contributed by atoms with Crippen molar-refractivity contribution in [1.29, 1.82) is 0 Å². The van der Waals surface area contributed by atoms with Gasteiger partial charge in [-0.15, -0.1) is 0 Å². The molecule has 7 heteroatoms. The van der Waals surface area contributed by atoms with Gasteiger partial charge in [0.15, 0.2) is 17.1 Å². The van der Waals surface area contributed by atoms with E-state index < -0.39 is 23.8 Å². The standard InChI is InChI=1S/C8H6ClF2NO3/c1-15-8(14)4-2-3(9)6(13)5(12-4)7(10)11/h2,7,13H,1H3. The second-order valence-corrected chi connectivity index (χ2v) is 2.92. The van der Waals surface area contributed by atoms with Crippen LogP contribution < -0.4 is 0 Å². The maximum atomic E-state index is 12.3. The Labute approximate surface area is 88.4 Å². The molecule has 0 saturated carbocycles. The Morgan fingerprint density at radius 1 is 1.67 bits per heavy atom. The Morgan fingerprint density at radius 3 is 2.73 bits per heavy atom. The average Bonchev–Trinajstić information content (AvgIpc) is 2.20. The molecule has 0 bridgehead atoms. The van der Waals surface area contributed by atoms with Crippen LogP contribution in [0, 0.1) is 0 Å². The van der Waals surface area contributed by atoms with Gasteiger partial charge in [-0.2, -0.15) is 0 Å². The maximum absolute atomic E-state index is 12.3. The van der Waals surface area contributed by atoms with Gasteiger partial charge in [0.2, 0.25) is 0 Å². The maximum Gasteiger partial charge on any atom is 0.356 e. The van der Waals surface area contributed by atoms with Crippen LogP contribution in [-0.2, 0) is 4.74 Å². The van der Waals surface area contributed by atoms with Crippen LogP contribution in [0.15, 0.2) is 6.07 Å². The first-order chi connectivity index (χ1) is 6.97. The summed E-state index contributed by atoms with van der Waals surface area (Å²) in [5, 5.41) is 8.75. The van der Waals surface area contributed by atoms with E-state index in [0.717, 1.165) is 13.2 Å². The van der Waals surface area contributed by atoms with E-state index in [2.05, 4.69) is 9.72 Å². The molecule has 0 unspecified atom stereocenters. The SMILES string of the molecule is COC(=O)c1cc(Cl)c(O)c(C(F)F)n1. The van der Waals surface area contributed by atoms with Gasteiger partial charge >= 0.3 is 5.97 Å². The fourth-order valence-electron chi connectivity index (χ4n) is 0.887.